The van der Waals surface area contributed by atoms with E-state index in [1.165, 1.54) is 4.90 Å². The number of halogens is 1. The molecule has 0 radical (unpaired) electrons. The third-order valence-electron chi connectivity index (χ3n) is 4.82. The van der Waals surface area contributed by atoms with Gasteiger partial charge < -0.3 is 9.63 Å². The fourth-order valence-electron chi connectivity index (χ4n) is 3.36. The molecule has 7 heteroatoms. The van der Waals surface area contributed by atoms with E-state index in [1.54, 1.807) is 49.4 Å². The Morgan fingerprint density at radius 3 is 2.31 bits per heavy atom. The standard InChI is InChI=1S/C22H17ClN2O4/c1-12-3-5-15(6-4-12)20(26)18-19(14-7-9-16(23)10-8-14)25(22(28)21(18)27)17-11-13(2)29-24-17/h3-11,19,26H,1-2H3/t19-/m1/s1. The lowest BCUT2D eigenvalue weighted by atomic mass is 9.95. The molecule has 6 nitrogen and oxygen atoms in total. The lowest BCUT2D eigenvalue weighted by molar-refractivity contribution is -0.132. The molecule has 2 aromatic carbocycles. The van der Waals surface area contributed by atoms with Crippen molar-refractivity contribution in [3.63, 3.8) is 0 Å². The molecular formula is C22H17ClN2O4. The maximum atomic E-state index is 12.9. The molecule has 0 saturated carbocycles. The molecule has 0 spiro atoms. The van der Waals surface area contributed by atoms with E-state index in [0.29, 0.717) is 21.9 Å². The highest BCUT2D eigenvalue weighted by Gasteiger charge is 2.48. The zero-order chi connectivity index (χ0) is 20.7. The minimum absolute atomic E-state index is 0.0122. The largest absolute Gasteiger partial charge is 0.507 e. The van der Waals surface area contributed by atoms with Crippen LogP contribution in [0.3, 0.4) is 0 Å². The fraction of sp³-hybridized carbons (Fsp3) is 0.136. The second kappa shape index (κ2) is 7.22. The van der Waals surface area contributed by atoms with Gasteiger partial charge in [-0.2, -0.15) is 0 Å². The van der Waals surface area contributed by atoms with Crippen molar-refractivity contribution in [1.82, 2.24) is 5.16 Å². The molecule has 0 aliphatic carbocycles. The Labute approximate surface area is 172 Å². The van der Waals surface area contributed by atoms with Crippen molar-refractivity contribution in [2.24, 2.45) is 0 Å². The summed E-state index contributed by atoms with van der Waals surface area (Å²) in [5, 5.41) is 15.4. The normalized spacial score (nSPS) is 18.4. The summed E-state index contributed by atoms with van der Waals surface area (Å²) in [5.41, 5.74) is 2.06. The fourth-order valence-corrected chi connectivity index (χ4v) is 3.49. The van der Waals surface area contributed by atoms with Gasteiger partial charge in [0.1, 0.15) is 11.5 Å². The molecule has 3 aromatic rings. The van der Waals surface area contributed by atoms with Gasteiger partial charge in [0.05, 0.1) is 11.6 Å². The first-order valence-corrected chi connectivity index (χ1v) is 9.31. The van der Waals surface area contributed by atoms with E-state index in [4.69, 9.17) is 16.1 Å². The first-order chi connectivity index (χ1) is 13.9. The molecule has 1 amide bonds. The van der Waals surface area contributed by atoms with Gasteiger partial charge in [-0.25, -0.2) is 0 Å². The molecule has 1 aliphatic heterocycles. The molecule has 0 unspecified atom stereocenters. The number of hydrogen-bond donors (Lipinski definition) is 1. The molecule has 1 fully saturated rings. The van der Waals surface area contributed by atoms with Gasteiger partial charge >= 0.3 is 5.91 Å². The molecule has 1 aromatic heterocycles. The minimum Gasteiger partial charge on any atom is -0.507 e. The molecule has 0 bridgehead atoms. The van der Waals surface area contributed by atoms with Crippen LogP contribution in [0.15, 0.2) is 64.7 Å². The van der Waals surface area contributed by atoms with Crippen LogP contribution in [0.25, 0.3) is 5.76 Å². The van der Waals surface area contributed by atoms with Crippen LogP contribution in [0.2, 0.25) is 5.02 Å². The molecule has 1 aliphatic rings. The van der Waals surface area contributed by atoms with Crippen LogP contribution in [-0.2, 0) is 9.59 Å². The van der Waals surface area contributed by atoms with Crippen molar-refractivity contribution in [2.75, 3.05) is 4.90 Å². The molecule has 1 N–H and O–H groups in total. The van der Waals surface area contributed by atoms with Gasteiger partial charge in [0.2, 0.25) is 0 Å². The number of ketones is 1. The SMILES string of the molecule is Cc1ccc(C(O)=C2C(=O)C(=O)N(c3cc(C)on3)[C@@H]2c2ccc(Cl)cc2)cc1. The number of amides is 1. The Morgan fingerprint density at radius 2 is 1.72 bits per heavy atom. The number of benzene rings is 2. The monoisotopic (exact) mass is 408 g/mol. The minimum atomic E-state index is -0.863. The number of carbonyl (C=O) groups is 2. The number of aryl methyl sites for hydroxylation is 2. The van der Waals surface area contributed by atoms with Crippen LogP contribution in [0.5, 0.6) is 0 Å². The number of aromatic nitrogens is 1. The summed E-state index contributed by atoms with van der Waals surface area (Å²) in [6.45, 7) is 3.61. The average Bonchev–Trinajstić information content (AvgIpc) is 3.24. The maximum absolute atomic E-state index is 12.9. The van der Waals surface area contributed by atoms with Crippen LogP contribution < -0.4 is 4.90 Å². The highest BCUT2D eigenvalue weighted by Crippen LogP contribution is 2.42. The van der Waals surface area contributed by atoms with Crippen LogP contribution in [-0.4, -0.2) is 22.0 Å². The summed E-state index contributed by atoms with van der Waals surface area (Å²) < 4.78 is 5.10. The van der Waals surface area contributed by atoms with Crippen molar-refractivity contribution in [2.45, 2.75) is 19.9 Å². The van der Waals surface area contributed by atoms with Crippen molar-refractivity contribution < 1.29 is 19.2 Å². The highest BCUT2D eigenvalue weighted by molar-refractivity contribution is 6.51. The molecular weight excluding hydrogens is 392 g/mol. The highest BCUT2D eigenvalue weighted by atomic mass is 35.5. The number of hydrogen-bond acceptors (Lipinski definition) is 5. The van der Waals surface area contributed by atoms with E-state index in [-0.39, 0.29) is 17.2 Å². The molecule has 1 atom stereocenters. The molecule has 2 heterocycles. The first-order valence-electron chi connectivity index (χ1n) is 8.93. The van der Waals surface area contributed by atoms with Crippen LogP contribution in [0.1, 0.15) is 28.5 Å². The maximum Gasteiger partial charge on any atom is 0.301 e. The van der Waals surface area contributed by atoms with Crippen molar-refractivity contribution >= 4 is 34.9 Å². The van der Waals surface area contributed by atoms with Gasteiger partial charge in [-0.15, -0.1) is 0 Å². The predicted octanol–water partition coefficient (Wildman–Crippen LogP) is 4.57. The van der Waals surface area contributed by atoms with Gasteiger partial charge in [-0.3, -0.25) is 14.5 Å². The van der Waals surface area contributed by atoms with Gasteiger partial charge in [0.25, 0.3) is 5.78 Å². The van der Waals surface area contributed by atoms with E-state index in [0.717, 1.165) is 5.56 Å². The zero-order valence-electron chi connectivity index (χ0n) is 15.7. The summed E-state index contributed by atoms with van der Waals surface area (Å²) in [6.07, 6.45) is 0. The van der Waals surface area contributed by atoms with Crippen molar-refractivity contribution in [3.8, 4) is 0 Å². The molecule has 29 heavy (non-hydrogen) atoms. The zero-order valence-corrected chi connectivity index (χ0v) is 16.5. The summed E-state index contributed by atoms with van der Waals surface area (Å²) >= 11 is 6.01. The number of carbonyl (C=O) groups excluding carboxylic acids is 2. The molecule has 1 saturated heterocycles. The first kappa shape index (κ1) is 19.0. The predicted molar refractivity (Wildman–Crippen MR) is 109 cm³/mol. The van der Waals surface area contributed by atoms with Gasteiger partial charge in [0.15, 0.2) is 5.82 Å². The smallest absolute Gasteiger partial charge is 0.301 e. The Morgan fingerprint density at radius 1 is 1.07 bits per heavy atom. The van der Waals surface area contributed by atoms with E-state index in [2.05, 4.69) is 5.16 Å². The third-order valence-corrected chi connectivity index (χ3v) is 5.07. The summed E-state index contributed by atoms with van der Waals surface area (Å²) in [6, 6.07) is 14.5. The van der Waals surface area contributed by atoms with E-state index >= 15 is 0 Å². The Balaban J connectivity index is 1.93. The van der Waals surface area contributed by atoms with E-state index in [9.17, 15) is 14.7 Å². The van der Waals surface area contributed by atoms with Crippen molar-refractivity contribution in [1.29, 1.82) is 0 Å². The van der Waals surface area contributed by atoms with Gasteiger partial charge in [0, 0.05) is 16.7 Å². The number of rotatable bonds is 3. The number of aliphatic hydroxyl groups excluding tert-OH is 1. The molecule has 146 valence electrons. The van der Waals surface area contributed by atoms with Crippen LogP contribution in [0.4, 0.5) is 5.82 Å². The Bertz CT molecular complexity index is 1130. The van der Waals surface area contributed by atoms with Crippen LogP contribution >= 0.6 is 11.6 Å². The summed E-state index contributed by atoms with van der Waals surface area (Å²) in [5.74, 6) is -1.12. The third kappa shape index (κ3) is 3.32. The number of Topliss-reactive ketones (excluding diaryl/α,β-unsaturated/α-hetero) is 1. The van der Waals surface area contributed by atoms with Crippen molar-refractivity contribution in [3.05, 3.63) is 87.6 Å². The van der Waals surface area contributed by atoms with Gasteiger partial charge in [-0.1, -0.05) is 58.7 Å². The Kier molecular flexibility index (Phi) is 4.72. The van der Waals surface area contributed by atoms with E-state index < -0.39 is 17.7 Å². The van der Waals surface area contributed by atoms with E-state index in [1.807, 2.05) is 19.1 Å². The number of aliphatic hydroxyl groups is 1. The Hall–Kier alpha value is -3.38. The van der Waals surface area contributed by atoms with Gasteiger partial charge in [-0.05, 0) is 31.5 Å². The average molecular weight is 409 g/mol. The second-order valence-electron chi connectivity index (χ2n) is 6.88. The lowest BCUT2D eigenvalue weighted by Crippen LogP contribution is -2.29. The quantitative estimate of drug-likeness (QED) is 0.390. The summed E-state index contributed by atoms with van der Waals surface area (Å²) in [4.78, 5) is 27.1. The lowest BCUT2D eigenvalue weighted by Gasteiger charge is -2.22. The topological polar surface area (TPSA) is 83.6 Å². The molecule has 4 rings (SSSR count). The summed E-state index contributed by atoms with van der Waals surface area (Å²) in [7, 11) is 0. The van der Waals surface area contributed by atoms with Crippen LogP contribution in [0, 0.1) is 13.8 Å². The number of nitrogens with zero attached hydrogens (tertiary/aromatic N) is 2. The number of anilines is 1. The second-order valence-corrected chi connectivity index (χ2v) is 7.32.